The van der Waals surface area contributed by atoms with Crippen LogP contribution in [0.1, 0.15) is 48.0 Å². The van der Waals surface area contributed by atoms with Crippen LogP contribution in [0.15, 0.2) is 46.3 Å². The van der Waals surface area contributed by atoms with Crippen molar-refractivity contribution in [1.82, 2.24) is 9.55 Å². The zero-order valence-corrected chi connectivity index (χ0v) is 19.3. The lowest BCUT2D eigenvalue weighted by molar-refractivity contribution is -0.137. The van der Waals surface area contributed by atoms with Gasteiger partial charge in [-0.05, 0) is 38.1 Å². The van der Waals surface area contributed by atoms with Gasteiger partial charge < -0.3 is 9.30 Å². The van der Waals surface area contributed by atoms with E-state index in [4.69, 9.17) is 16.3 Å². The lowest BCUT2D eigenvalue weighted by atomic mass is 9.97. The van der Waals surface area contributed by atoms with E-state index in [9.17, 15) is 26.7 Å². The van der Waals surface area contributed by atoms with Crippen LogP contribution in [-0.4, -0.2) is 28.5 Å². The summed E-state index contributed by atoms with van der Waals surface area (Å²) >= 11 is 6.26. The number of rotatable bonds is 5. The highest BCUT2D eigenvalue weighted by Crippen LogP contribution is 2.41. The van der Waals surface area contributed by atoms with Crippen LogP contribution in [0.4, 0.5) is 22.0 Å². The van der Waals surface area contributed by atoms with E-state index in [0.717, 1.165) is 30.3 Å². The van der Waals surface area contributed by atoms with Gasteiger partial charge in [0, 0.05) is 30.4 Å². The predicted molar refractivity (Wildman–Crippen MR) is 120 cm³/mol. The molecule has 0 saturated carbocycles. The molecule has 0 fully saturated rings. The Morgan fingerprint density at radius 3 is 2.43 bits per heavy atom. The van der Waals surface area contributed by atoms with Gasteiger partial charge in [0.2, 0.25) is 0 Å². The van der Waals surface area contributed by atoms with Crippen LogP contribution < -0.4 is 5.56 Å². The fraction of sp³-hybridized carbons (Fsp3) is 0.292. The average Bonchev–Trinajstić information content (AvgIpc) is 2.89. The van der Waals surface area contributed by atoms with Crippen molar-refractivity contribution in [1.29, 1.82) is 0 Å². The minimum Gasteiger partial charge on any atom is -0.381 e. The quantitative estimate of drug-likeness (QED) is 0.327. The first-order chi connectivity index (χ1) is 16.5. The number of benzene rings is 2. The Hall–Kier alpha value is -3.11. The molecule has 2 aromatic carbocycles. The van der Waals surface area contributed by atoms with Gasteiger partial charge in [0.15, 0.2) is 0 Å². The molecule has 4 rings (SSSR count). The first-order valence-corrected chi connectivity index (χ1v) is 11.0. The molecule has 5 nitrogen and oxygen atoms in total. The van der Waals surface area contributed by atoms with Crippen LogP contribution in [0.25, 0.3) is 5.69 Å². The lowest BCUT2D eigenvalue weighted by Gasteiger charge is -2.19. The van der Waals surface area contributed by atoms with Crippen LogP contribution in [0.5, 0.6) is 0 Å². The number of aliphatic imine (C=N–C) groups is 1. The van der Waals surface area contributed by atoms with E-state index in [1.165, 1.54) is 17.7 Å². The second-order valence-corrected chi connectivity index (χ2v) is 8.19. The van der Waals surface area contributed by atoms with Crippen LogP contribution in [0.3, 0.4) is 0 Å². The number of ether oxygens (including phenoxy) is 1. The molecule has 35 heavy (non-hydrogen) atoms. The molecular formula is C24H19ClF5N3O2. The largest absolute Gasteiger partial charge is 0.417 e. The van der Waals surface area contributed by atoms with E-state index in [1.54, 1.807) is 6.92 Å². The highest BCUT2D eigenvalue weighted by molar-refractivity contribution is 6.37. The van der Waals surface area contributed by atoms with E-state index in [2.05, 4.69) is 9.98 Å². The Bertz CT molecular complexity index is 1360. The van der Waals surface area contributed by atoms with Gasteiger partial charge in [0.05, 0.1) is 34.2 Å². The van der Waals surface area contributed by atoms with Gasteiger partial charge in [-0.3, -0.25) is 9.79 Å². The maximum atomic E-state index is 14.8. The molecule has 0 radical (unpaired) electrons. The normalized spacial score (nSPS) is 15.3. The number of nitrogens with zero attached hydrogens (tertiary/aromatic N) is 3. The molecule has 0 aliphatic carbocycles. The second kappa shape index (κ2) is 9.50. The average molecular weight is 512 g/mol. The third-order valence-corrected chi connectivity index (χ3v) is 5.95. The molecule has 0 amide bonds. The SMILES string of the molecule is CCOCCc1cn2c(nc1=O)[C@H](C)N=C(c1c(F)cccc1F)c1c-2ccc(C(F)(F)F)c1Cl. The molecule has 3 aromatic rings. The summed E-state index contributed by atoms with van der Waals surface area (Å²) in [6.45, 7) is 3.97. The first-order valence-electron chi connectivity index (χ1n) is 10.7. The highest BCUT2D eigenvalue weighted by Gasteiger charge is 2.38. The van der Waals surface area contributed by atoms with E-state index >= 15 is 0 Å². The van der Waals surface area contributed by atoms with Gasteiger partial charge in [0.1, 0.15) is 23.5 Å². The Morgan fingerprint density at radius 1 is 1.11 bits per heavy atom. The molecule has 1 aliphatic rings. The van der Waals surface area contributed by atoms with Crippen molar-refractivity contribution in [3.8, 4) is 5.69 Å². The van der Waals surface area contributed by atoms with Crippen molar-refractivity contribution in [2.24, 2.45) is 4.99 Å². The van der Waals surface area contributed by atoms with E-state index in [-0.39, 0.29) is 35.7 Å². The van der Waals surface area contributed by atoms with Gasteiger partial charge in [0.25, 0.3) is 5.56 Å². The maximum absolute atomic E-state index is 14.8. The van der Waals surface area contributed by atoms with Crippen molar-refractivity contribution >= 4 is 17.3 Å². The number of alkyl halides is 3. The number of hydrogen-bond acceptors (Lipinski definition) is 4. The number of aromatic nitrogens is 2. The smallest absolute Gasteiger partial charge is 0.381 e. The number of fused-ring (bicyclic) bond motifs is 3. The number of hydrogen-bond donors (Lipinski definition) is 0. The molecule has 2 heterocycles. The van der Waals surface area contributed by atoms with Gasteiger partial charge in [-0.1, -0.05) is 17.7 Å². The highest BCUT2D eigenvalue weighted by atomic mass is 35.5. The Morgan fingerprint density at radius 2 is 1.80 bits per heavy atom. The maximum Gasteiger partial charge on any atom is 0.417 e. The topological polar surface area (TPSA) is 56.5 Å². The van der Waals surface area contributed by atoms with Crippen molar-refractivity contribution < 1.29 is 26.7 Å². The van der Waals surface area contributed by atoms with Crippen LogP contribution in [0.2, 0.25) is 5.02 Å². The Kier molecular flexibility index (Phi) is 6.79. The Balaban J connectivity index is 2.07. The molecule has 0 spiro atoms. The lowest BCUT2D eigenvalue weighted by Crippen LogP contribution is -2.23. The monoisotopic (exact) mass is 511 g/mol. The van der Waals surface area contributed by atoms with E-state index in [0.29, 0.717) is 6.61 Å². The first kappa shape index (κ1) is 25.0. The molecule has 1 atom stereocenters. The fourth-order valence-electron chi connectivity index (χ4n) is 3.93. The van der Waals surface area contributed by atoms with Gasteiger partial charge in [-0.25, -0.2) is 8.78 Å². The minimum atomic E-state index is -4.84. The second-order valence-electron chi connectivity index (χ2n) is 7.82. The molecule has 0 bridgehead atoms. The molecule has 184 valence electrons. The summed E-state index contributed by atoms with van der Waals surface area (Å²) in [5.74, 6) is -1.97. The molecule has 1 aromatic heterocycles. The molecular weight excluding hydrogens is 493 g/mol. The van der Waals surface area contributed by atoms with Crippen molar-refractivity contribution in [2.45, 2.75) is 32.5 Å². The zero-order valence-electron chi connectivity index (χ0n) is 18.6. The molecule has 0 saturated heterocycles. The van der Waals surface area contributed by atoms with E-state index in [1.807, 2.05) is 0 Å². The summed E-state index contributed by atoms with van der Waals surface area (Å²) in [4.78, 5) is 21.1. The van der Waals surface area contributed by atoms with Gasteiger partial charge in [-0.2, -0.15) is 18.2 Å². The summed E-state index contributed by atoms with van der Waals surface area (Å²) in [6, 6.07) is 4.01. The fourth-order valence-corrected chi connectivity index (χ4v) is 4.29. The summed E-state index contributed by atoms with van der Waals surface area (Å²) < 4.78 is 77.5. The van der Waals surface area contributed by atoms with Crippen molar-refractivity contribution in [3.63, 3.8) is 0 Å². The summed E-state index contributed by atoms with van der Waals surface area (Å²) in [5, 5.41) is -0.772. The molecule has 0 unspecified atom stereocenters. The third kappa shape index (κ3) is 4.60. The molecule has 0 N–H and O–H groups in total. The summed E-state index contributed by atoms with van der Waals surface area (Å²) in [6.07, 6.45) is -3.21. The Labute approximate surface area is 201 Å². The van der Waals surface area contributed by atoms with Crippen LogP contribution in [0, 0.1) is 11.6 Å². The molecule has 1 aliphatic heterocycles. The van der Waals surface area contributed by atoms with Crippen LogP contribution >= 0.6 is 11.6 Å². The van der Waals surface area contributed by atoms with E-state index < -0.39 is 51.3 Å². The van der Waals surface area contributed by atoms with Crippen molar-refractivity contribution in [3.05, 3.63) is 91.6 Å². The standard InChI is InChI=1S/C24H19ClF5N3O2/c1-3-35-10-9-13-11-33-17-8-7-14(24(28,29)30)20(25)19(17)21(18-15(26)5-4-6-16(18)27)31-12(2)22(33)32-23(13)34/h4-8,11-12H,3,9-10H2,1-2H3/t12-/m0/s1. The molecule has 11 heteroatoms. The third-order valence-electron chi connectivity index (χ3n) is 5.56. The number of halogens is 6. The van der Waals surface area contributed by atoms with Crippen molar-refractivity contribution in [2.75, 3.05) is 13.2 Å². The minimum absolute atomic E-state index is 0.0499. The van der Waals surface area contributed by atoms with Crippen LogP contribution in [-0.2, 0) is 17.3 Å². The predicted octanol–water partition coefficient (Wildman–Crippen LogP) is 5.67. The summed E-state index contributed by atoms with van der Waals surface area (Å²) in [5.41, 5.74) is -2.81. The van der Waals surface area contributed by atoms with Gasteiger partial charge >= 0.3 is 6.18 Å². The summed E-state index contributed by atoms with van der Waals surface area (Å²) in [7, 11) is 0. The zero-order chi connectivity index (χ0) is 25.5. The van der Waals surface area contributed by atoms with Gasteiger partial charge in [-0.15, -0.1) is 0 Å².